The molecule has 0 saturated carbocycles. The minimum atomic E-state index is -0.316. The number of benzene rings is 2. The third kappa shape index (κ3) is 6.29. The number of fused-ring (bicyclic) bond motifs is 1. The number of nitrogens with one attached hydrogen (secondary N) is 2. The molecule has 208 valence electrons. The largest absolute Gasteiger partial charge is 0.493 e. The third-order valence-electron chi connectivity index (χ3n) is 6.89. The van der Waals surface area contributed by atoms with Crippen LogP contribution >= 0.6 is 11.3 Å². The van der Waals surface area contributed by atoms with Gasteiger partial charge in [0.25, 0.3) is 5.91 Å². The van der Waals surface area contributed by atoms with E-state index >= 15 is 0 Å². The summed E-state index contributed by atoms with van der Waals surface area (Å²) in [4.78, 5) is 26.1. The maximum Gasteiger partial charge on any atom is 0.285 e. The summed E-state index contributed by atoms with van der Waals surface area (Å²) in [6.07, 6.45) is 5.46. The summed E-state index contributed by atoms with van der Waals surface area (Å²) in [6, 6.07) is 18.8. The van der Waals surface area contributed by atoms with Crippen LogP contribution in [-0.2, 0) is 0 Å². The maximum absolute atomic E-state index is 12.7. The molecule has 0 spiro atoms. The van der Waals surface area contributed by atoms with E-state index in [0.29, 0.717) is 46.3 Å². The van der Waals surface area contributed by atoms with Gasteiger partial charge in [-0.05, 0) is 56.1 Å². The van der Waals surface area contributed by atoms with Crippen molar-refractivity contribution in [3.8, 4) is 34.3 Å². The highest BCUT2D eigenvalue weighted by Gasteiger charge is 2.17. The lowest BCUT2D eigenvalue weighted by molar-refractivity contribution is 0.102. The molecule has 0 atom stereocenters. The summed E-state index contributed by atoms with van der Waals surface area (Å²) in [7, 11) is 1.63. The van der Waals surface area contributed by atoms with Crippen LogP contribution in [0.1, 0.15) is 22.6 Å². The second-order valence-corrected chi connectivity index (χ2v) is 10.5. The molecule has 1 saturated heterocycles. The van der Waals surface area contributed by atoms with Gasteiger partial charge in [0.1, 0.15) is 17.3 Å². The zero-order valence-electron chi connectivity index (χ0n) is 22.5. The molecule has 4 heterocycles. The molecule has 1 amide bonds. The van der Waals surface area contributed by atoms with Crippen LogP contribution in [0.4, 0.5) is 5.82 Å². The zero-order valence-corrected chi connectivity index (χ0v) is 23.3. The average molecular weight is 568 g/mol. The Balaban J connectivity index is 1.13. The highest BCUT2D eigenvalue weighted by Crippen LogP contribution is 2.37. The van der Waals surface area contributed by atoms with Gasteiger partial charge in [0.15, 0.2) is 16.5 Å². The lowest BCUT2D eigenvalue weighted by atomic mass is 9.99. The van der Waals surface area contributed by atoms with E-state index in [2.05, 4.69) is 25.6 Å². The quantitative estimate of drug-likeness (QED) is 0.217. The van der Waals surface area contributed by atoms with Crippen molar-refractivity contribution in [3.63, 3.8) is 0 Å². The number of methoxy groups -OCH3 is 1. The standard InChI is InChI=1S/C31H29N5O4S/c1-38-27-15-23-24(16-28(27)39-18-20-9-12-32-13-10-20)33-14-11-26(23)40-22-7-8-29(34-17-22)36-30(37)31-35-25(19-41-31)21-5-3-2-4-6-21/h2-8,11,14-17,19-20,32H,9-10,12-13,18H2,1H3,(H,34,36,37). The first-order valence-corrected chi connectivity index (χ1v) is 14.3. The number of aromatic nitrogens is 3. The highest BCUT2D eigenvalue weighted by molar-refractivity contribution is 7.12. The Morgan fingerprint density at radius 1 is 1.02 bits per heavy atom. The number of rotatable bonds is 9. The topological polar surface area (TPSA) is 107 Å². The van der Waals surface area contributed by atoms with Crippen LogP contribution < -0.4 is 24.8 Å². The molecule has 2 N–H and O–H groups in total. The number of pyridine rings is 2. The molecule has 10 heteroatoms. The minimum absolute atomic E-state index is 0.316. The van der Waals surface area contributed by atoms with Crippen molar-refractivity contribution in [1.82, 2.24) is 20.3 Å². The summed E-state index contributed by atoms with van der Waals surface area (Å²) in [5, 5.41) is 9.20. The van der Waals surface area contributed by atoms with E-state index in [9.17, 15) is 4.79 Å². The van der Waals surface area contributed by atoms with Gasteiger partial charge in [0.2, 0.25) is 0 Å². The number of piperidine rings is 1. The number of amides is 1. The van der Waals surface area contributed by atoms with E-state index < -0.39 is 0 Å². The van der Waals surface area contributed by atoms with Gasteiger partial charge < -0.3 is 24.8 Å². The first kappa shape index (κ1) is 26.7. The molecule has 1 aliphatic rings. The second-order valence-electron chi connectivity index (χ2n) is 9.67. The fourth-order valence-corrected chi connectivity index (χ4v) is 5.40. The summed E-state index contributed by atoms with van der Waals surface area (Å²) >= 11 is 1.29. The number of nitrogens with zero attached hydrogens (tertiary/aromatic N) is 3. The number of ether oxygens (including phenoxy) is 3. The summed E-state index contributed by atoms with van der Waals surface area (Å²) in [5.74, 6) is 3.01. The number of hydrogen-bond acceptors (Lipinski definition) is 9. The van der Waals surface area contributed by atoms with E-state index in [1.54, 1.807) is 37.7 Å². The Kier molecular flexibility index (Phi) is 8.01. The Morgan fingerprint density at radius 2 is 1.88 bits per heavy atom. The number of hydrogen-bond donors (Lipinski definition) is 2. The van der Waals surface area contributed by atoms with E-state index in [4.69, 9.17) is 14.2 Å². The van der Waals surface area contributed by atoms with Crippen LogP contribution in [-0.4, -0.2) is 47.7 Å². The van der Waals surface area contributed by atoms with Gasteiger partial charge in [-0.3, -0.25) is 9.78 Å². The Morgan fingerprint density at radius 3 is 2.66 bits per heavy atom. The van der Waals surface area contributed by atoms with Gasteiger partial charge in [0.05, 0.1) is 31.1 Å². The molecule has 1 fully saturated rings. The van der Waals surface area contributed by atoms with Crippen molar-refractivity contribution in [2.24, 2.45) is 5.92 Å². The van der Waals surface area contributed by atoms with E-state index in [0.717, 1.165) is 48.1 Å². The van der Waals surface area contributed by atoms with Crippen molar-refractivity contribution < 1.29 is 19.0 Å². The number of carbonyl (C=O) groups excluding carboxylic acids is 1. The SMILES string of the molecule is COc1cc2c(Oc3ccc(NC(=O)c4nc(-c5ccccc5)cs4)nc3)ccnc2cc1OCC1CCNCC1. The van der Waals surface area contributed by atoms with Gasteiger partial charge in [-0.2, -0.15) is 0 Å². The predicted molar refractivity (Wildman–Crippen MR) is 159 cm³/mol. The molecule has 6 rings (SSSR count). The maximum atomic E-state index is 12.7. The molecule has 0 unspecified atom stereocenters. The zero-order chi connectivity index (χ0) is 28.0. The Hall–Kier alpha value is -4.54. The lowest BCUT2D eigenvalue weighted by Crippen LogP contribution is -2.30. The molecule has 0 aliphatic carbocycles. The van der Waals surface area contributed by atoms with Crippen LogP contribution in [0.15, 0.2) is 78.4 Å². The van der Waals surface area contributed by atoms with Crippen LogP contribution in [0, 0.1) is 5.92 Å². The first-order chi connectivity index (χ1) is 20.2. The van der Waals surface area contributed by atoms with Crippen molar-refractivity contribution in [1.29, 1.82) is 0 Å². The minimum Gasteiger partial charge on any atom is -0.493 e. The molecule has 3 aromatic heterocycles. The lowest BCUT2D eigenvalue weighted by Gasteiger charge is -2.23. The van der Waals surface area contributed by atoms with Crippen LogP contribution in [0.3, 0.4) is 0 Å². The summed E-state index contributed by atoms with van der Waals surface area (Å²) in [5.41, 5.74) is 2.46. The van der Waals surface area contributed by atoms with Crippen molar-refractivity contribution in [3.05, 3.63) is 83.4 Å². The Bertz CT molecular complexity index is 1640. The van der Waals surface area contributed by atoms with Gasteiger partial charge in [-0.1, -0.05) is 30.3 Å². The molecule has 5 aromatic rings. The fourth-order valence-electron chi connectivity index (χ4n) is 4.68. The van der Waals surface area contributed by atoms with Gasteiger partial charge in [-0.25, -0.2) is 9.97 Å². The summed E-state index contributed by atoms with van der Waals surface area (Å²) in [6.45, 7) is 2.69. The normalized spacial score (nSPS) is 13.6. The number of anilines is 1. The van der Waals surface area contributed by atoms with Crippen LogP contribution in [0.2, 0.25) is 0 Å². The van der Waals surface area contributed by atoms with Gasteiger partial charge in [0, 0.05) is 28.6 Å². The summed E-state index contributed by atoms with van der Waals surface area (Å²) < 4.78 is 17.9. The molecule has 0 radical (unpaired) electrons. The first-order valence-electron chi connectivity index (χ1n) is 13.4. The number of thiazole rings is 1. The smallest absolute Gasteiger partial charge is 0.285 e. The van der Waals surface area contributed by atoms with E-state index in [1.165, 1.54) is 11.3 Å². The van der Waals surface area contributed by atoms with Crippen molar-refractivity contribution >= 4 is 34.0 Å². The Labute approximate surface area is 241 Å². The molecule has 9 nitrogen and oxygen atoms in total. The van der Waals surface area contributed by atoms with Crippen LogP contribution in [0.5, 0.6) is 23.0 Å². The average Bonchev–Trinajstić information content (AvgIpc) is 3.52. The second kappa shape index (κ2) is 12.3. The molecule has 2 aromatic carbocycles. The molecule has 1 aliphatic heterocycles. The van der Waals surface area contributed by atoms with Crippen molar-refractivity contribution in [2.45, 2.75) is 12.8 Å². The molecule has 0 bridgehead atoms. The fraction of sp³-hybridized carbons (Fsp3) is 0.226. The van der Waals surface area contributed by atoms with Gasteiger partial charge >= 0.3 is 0 Å². The monoisotopic (exact) mass is 567 g/mol. The van der Waals surface area contributed by atoms with Gasteiger partial charge in [-0.15, -0.1) is 11.3 Å². The van der Waals surface area contributed by atoms with E-state index in [1.807, 2.05) is 47.8 Å². The predicted octanol–water partition coefficient (Wildman–Crippen LogP) is 6.18. The highest BCUT2D eigenvalue weighted by atomic mass is 32.1. The third-order valence-corrected chi connectivity index (χ3v) is 7.74. The van der Waals surface area contributed by atoms with Crippen LogP contribution in [0.25, 0.3) is 22.2 Å². The number of carbonyl (C=O) groups is 1. The molecular weight excluding hydrogens is 538 g/mol. The molecule has 41 heavy (non-hydrogen) atoms. The van der Waals surface area contributed by atoms with Crippen molar-refractivity contribution in [2.75, 3.05) is 32.1 Å². The van der Waals surface area contributed by atoms with E-state index in [-0.39, 0.29) is 5.91 Å². The molecular formula is C31H29N5O4S.